The van der Waals surface area contributed by atoms with Crippen molar-refractivity contribution < 1.29 is 4.79 Å². The summed E-state index contributed by atoms with van der Waals surface area (Å²) in [4.78, 5) is 13.5. The van der Waals surface area contributed by atoms with Crippen molar-refractivity contribution in [2.45, 2.75) is 31.8 Å². The molecule has 0 amide bonds. The summed E-state index contributed by atoms with van der Waals surface area (Å²) in [6, 6.07) is 8.30. The highest BCUT2D eigenvalue weighted by Crippen LogP contribution is 2.21. The van der Waals surface area contributed by atoms with Crippen LogP contribution in [-0.2, 0) is 11.3 Å². The predicted octanol–water partition coefficient (Wildman–Crippen LogP) is 2.89. The van der Waals surface area contributed by atoms with Crippen LogP contribution in [0.3, 0.4) is 0 Å². The van der Waals surface area contributed by atoms with Crippen molar-refractivity contribution in [1.29, 1.82) is 0 Å². The summed E-state index contributed by atoms with van der Waals surface area (Å²) < 4.78 is 0. The molecule has 1 aromatic carbocycles. The maximum atomic E-state index is 11.2. The third-order valence-corrected chi connectivity index (χ3v) is 3.40. The molecule has 1 unspecified atom stereocenters. The summed E-state index contributed by atoms with van der Waals surface area (Å²) in [5.74, 6) is 0.392. The van der Waals surface area contributed by atoms with Gasteiger partial charge in [0, 0.05) is 30.5 Å². The van der Waals surface area contributed by atoms with Crippen LogP contribution in [0, 0.1) is 0 Å². The Morgan fingerprint density at radius 2 is 2.31 bits per heavy atom. The Labute approximate surface area is 101 Å². The van der Waals surface area contributed by atoms with Gasteiger partial charge in [-0.05, 0) is 31.2 Å². The Bertz CT molecular complexity index is 391. The van der Waals surface area contributed by atoms with Crippen LogP contribution in [-0.4, -0.2) is 23.8 Å². The molecule has 86 valence electrons. The first-order valence-corrected chi connectivity index (χ1v) is 5.99. The lowest BCUT2D eigenvalue weighted by Gasteiger charge is -2.23. The molecule has 0 aromatic heterocycles. The standard InChI is InChI=1S/C13H16ClNO/c1-15(12-5-6-13(16)8-12)9-10-3-2-4-11(14)7-10/h2-4,7,12H,5-6,8-9H2,1H3. The molecule has 16 heavy (non-hydrogen) atoms. The lowest BCUT2D eigenvalue weighted by molar-refractivity contribution is -0.117. The van der Waals surface area contributed by atoms with E-state index in [1.54, 1.807) is 0 Å². The SMILES string of the molecule is CN(Cc1cccc(Cl)c1)C1CCC(=O)C1. The number of hydrogen-bond donors (Lipinski definition) is 0. The zero-order valence-corrected chi connectivity index (χ0v) is 10.2. The molecule has 3 heteroatoms. The smallest absolute Gasteiger partial charge is 0.134 e. The number of carbonyl (C=O) groups excluding carboxylic acids is 1. The maximum absolute atomic E-state index is 11.2. The summed E-state index contributed by atoms with van der Waals surface area (Å²) >= 11 is 5.94. The van der Waals surface area contributed by atoms with Crippen molar-refractivity contribution in [3.8, 4) is 0 Å². The fourth-order valence-electron chi connectivity index (χ4n) is 2.22. The van der Waals surface area contributed by atoms with Gasteiger partial charge < -0.3 is 0 Å². The molecule has 0 radical (unpaired) electrons. The summed E-state index contributed by atoms with van der Waals surface area (Å²) in [7, 11) is 2.07. The Hall–Kier alpha value is -0.860. The van der Waals surface area contributed by atoms with Gasteiger partial charge in [0.1, 0.15) is 5.78 Å². The van der Waals surface area contributed by atoms with E-state index in [1.165, 1.54) is 5.56 Å². The van der Waals surface area contributed by atoms with Gasteiger partial charge in [0.2, 0.25) is 0 Å². The van der Waals surface area contributed by atoms with E-state index < -0.39 is 0 Å². The summed E-state index contributed by atoms with van der Waals surface area (Å²) in [6.07, 6.45) is 2.44. The normalized spacial score (nSPS) is 20.7. The third-order valence-electron chi connectivity index (χ3n) is 3.16. The van der Waals surface area contributed by atoms with Gasteiger partial charge in [-0.3, -0.25) is 9.69 Å². The molecule has 1 aromatic rings. The van der Waals surface area contributed by atoms with Crippen molar-refractivity contribution in [2.75, 3.05) is 7.05 Å². The van der Waals surface area contributed by atoms with Gasteiger partial charge in [-0.1, -0.05) is 23.7 Å². The second-order valence-electron chi connectivity index (χ2n) is 4.48. The van der Waals surface area contributed by atoms with Crippen LogP contribution in [0.5, 0.6) is 0 Å². The Balaban J connectivity index is 1.96. The topological polar surface area (TPSA) is 20.3 Å². The van der Waals surface area contributed by atoms with Gasteiger partial charge >= 0.3 is 0 Å². The van der Waals surface area contributed by atoms with E-state index in [-0.39, 0.29) is 0 Å². The quantitative estimate of drug-likeness (QED) is 0.806. The summed E-state index contributed by atoms with van der Waals surface area (Å²) in [5.41, 5.74) is 1.20. The molecular formula is C13H16ClNO. The lowest BCUT2D eigenvalue weighted by Crippen LogP contribution is -2.29. The summed E-state index contributed by atoms with van der Waals surface area (Å²) in [5, 5.41) is 0.772. The predicted molar refractivity (Wildman–Crippen MR) is 65.6 cm³/mol. The Kier molecular flexibility index (Phi) is 3.62. The van der Waals surface area contributed by atoms with Crippen LogP contribution in [0.15, 0.2) is 24.3 Å². The van der Waals surface area contributed by atoms with Crippen molar-refractivity contribution in [2.24, 2.45) is 0 Å². The Morgan fingerprint density at radius 3 is 2.94 bits per heavy atom. The maximum Gasteiger partial charge on any atom is 0.134 e. The van der Waals surface area contributed by atoms with Crippen LogP contribution in [0.2, 0.25) is 5.02 Å². The van der Waals surface area contributed by atoms with Crippen LogP contribution in [0.4, 0.5) is 0 Å². The molecule has 0 N–H and O–H groups in total. The van der Waals surface area contributed by atoms with Gasteiger partial charge in [0.05, 0.1) is 0 Å². The van der Waals surface area contributed by atoms with E-state index >= 15 is 0 Å². The first kappa shape index (κ1) is 11.6. The minimum atomic E-state index is 0.392. The highest BCUT2D eigenvalue weighted by Gasteiger charge is 2.25. The number of rotatable bonds is 3. The number of nitrogens with zero attached hydrogens (tertiary/aromatic N) is 1. The van der Waals surface area contributed by atoms with Crippen LogP contribution >= 0.6 is 11.6 Å². The second kappa shape index (κ2) is 4.98. The Morgan fingerprint density at radius 1 is 1.50 bits per heavy atom. The molecule has 0 bridgehead atoms. The molecule has 0 spiro atoms. The van der Waals surface area contributed by atoms with Gasteiger partial charge in [-0.15, -0.1) is 0 Å². The van der Waals surface area contributed by atoms with Crippen molar-refractivity contribution >= 4 is 17.4 Å². The average Bonchev–Trinajstić information content (AvgIpc) is 2.65. The molecular weight excluding hydrogens is 222 g/mol. The summed E-state index contributed by atoms with van der Waals surface area (Å²) in [6.45, 7) is 0.860. The highest BCUT2D eigenvalue weighted by molar-refractivity contribution is 6.30. The van der Waals surface area contributed by atoms with Gasteiger partial charge in [-0.25, -0.2) is 0 Å². The highest BCUT2D eigenvalue weighted by atomic mass is 35.5. The minimum absolute atomic E-state index is 0.392. The van der Waals surface area contributed by atoms with Crippen molar-refractivity contribution in [1.82, 2.24) is 4.90 Å². The zero-order chi connectivity index (χ0) is 11.5. The number of halogens is 1. The van der Waals surface area contributed by atoms with E-state index in [9.17, 15) is 4.79 Å². The van der Waals surface area contributed by atoms with Gasteiger partial charge in [0.15, 0.2) is 0 Å². The monoisotopic (exact) mass is 237 g/mol. The molecule has 2 nitrogen and oxygen atoms in total. The first-order valence-electron chi connectivity index (χ1n) is 5.61. The number of benzene rings is 1. The van der Waals surface area contributed by atoms with Gasteiger partial charge in [0.25, 0.3) is 0 Å². The number of hydrogen-bond acceptors (Lipinski definition) is 2. The lowest BCUT2D eigenvalue weighted by atomic mass is 10.1. The number of ketones is 1. The second-order valence-corrected chi connectivity index (χ2v) is 4.92. The molecule has 1 saturated carbocycles. The number of Topliss-reactive ketones (excluding diaryl/α,β-unsaturated/α-hetero) is 1. The van der Waals surface area contributed by atoms with Crippen LogP contribution in [0.1, 0.15) is 24.8 Å². The minimum Gasteiger partial charge on any atom is -0.300 e. The van der Waals surface area contributed by atoms with E-state index in [0.29, 0.717) is 18.2 Å². The largest absolute Gasteiger partial charge is 0.300 e. The van der Waals surface area contributed by atoms with Gasteiger partial charge in [-0.2, -0.15) is 0 Å². The van der Waals surface area contributed by atoms with E-state index in [1.807, 2.05) is 18.2 Å². The van der Waals surface area contributed by atoms with E-state index in [0.717, 1.165) is 24.4 Å². The van der Waals surface area contributed by atoms with E-state index in [2.05, 4.69) is 18.0 Å². The molecule has 1 atom stereocenters. The third kappa shape index (κ3) is 2.83. The number of carbonyl (C=O) groups is 1. The fraction of sp³-hybridized carbons (Fsp3) is 0.462. The molecule has 1 aliphatic carbocycles. The molecule has 1 fully saturated rings. The van der Waals surface area contributed by atoms with Crippen LogP contribution in [0.25, 0.3) is 0 Å². The van der Waals surface area contributed by atoms with Crippen molar-refractivity contribution in [3.05, 3.63) is 34.9 Å². The fourth-order valence-corrected chi connectivity index (χ4v) is 2.44. The first-order chi connectivity index (χ1) is 7.65. The van der Waals surface area contributed by atoms with Crippen molar-refractivity contribution in [3.63, 3.8) is 0 Å². The zero-order valence-electron chi connectivity index (χ0n) is 9.45. The average molecular weight is 238 g/mol. The molecule has 0 heterocycles. The van der Waals surface area contributed by atoms with Crippen LogP contribution < -0.4 is 0 Å². The molecule has 2 rings (SSSR count). The molecule has 0 saturated heterocycles. The van der Waals surface area contributed by atoms with E-state index in [4.69, 9.17) is 11.6 Å². The molecule has 1 aliphatic rings. The molecule has 0 aliphatic heterocycles.